The number of carbonyl (C=O) groups excluding carboxylic acids is 1. The van der Waals surface area contributed by atoms with Crippen LogP contribution in [0.3, 0.4) is 0 Å². The van der Waals surface area contributed by atoms with Crippen molar-refractivity contribution in [2.45, 2.75) is 38.6 Å². The van der Waals surface area contributed by atoms with E-state index < -0.39 is 11.6 Å². The first-order valence-corrected chi connectivity index (χ1v) is 12.0. The van der Waals surface area contributed by atoms with Crippen molar-refractivity contribution in [3.8, 4) is 16.9 Å². The van der Waals surface area contributed by atoms with Gasteiger partial charge in [0.1, 0.15) is 11.5 Å². The van der Waals surface area contributed by atoms with Crippen molar-refractivity contribution >= 4 is 11.8 Å². The Bertz CT molecular complexity index is 1400. The Kier molecular flexibility index (Phi) is 6.30. The van der Waals surface area contributed by atoms with Crippen molar-refractivity contribution in [2.75, 3.05) is 5.32 Å². The fourth-order valence-corrected chi connectivity index (χ4v) is 5.09. The van der Waals surface area contributed by atoms with E-state index in [4.69, 9.17) is 5.10 Å². The van der Waals surface area contributed by atoms with Gasteiger partial charge in [0.2, 0.25) is 0 Å². The molecule has 1 aliphatic rings. The predicted molar refractivity (Wildman–Crippen MR) is 134 cm³/mol. The van der Waals surface area contributed by atoms with Crippen molar-refractivity contribution in [3.05, 3.63) is 83.7 Å². The second-order valence-electron chi connectivity index (χ2n) is 9.53. The summed E-state index contributed by atoms with van der Waals surface area (Å²) in [5.41, 5.74) is 3.86. The number of para-hydroxylation sites is 1. The standard InChI is InChI=1S/C27H28F2N6O/c1-16-11-21(18-9-10-22(28)23(29)13-18)24(12-16)31-27(36)32-26-17(2)25(19-14-30-34(3)15-19)33-35(26)20-7-5-4-6-8-20/h4-10,13-16,21,24H,11-12H2,1-3H3,(H2,31,32,36)/t16?,21-,24+/m0/s1. The van der Waals surface area contributed by atoms with Gasteiger partial charge < -0.3 is 5.32 Å². The number of hydrogen-bond donors (Lipinski definition) is 2. The van der Waals surface area contributed by atoms with E-state index >= 15 is 0 Å². The summed E-state index contributed by atoms with van der Waals surface area (Å²) in [7, 11) is 1.84. The summed E-state index contributed by atoms with van der Waals surface area (Å²) in [6.45, 7) is 4.01. The zero-order valence-electron chi connectivity index (χ0n) is 20.4. The Hall–Kier alpha value is -4.01. The molecule has 5 rings (SSSR count). The number of benzene rings is 2. The molecule has 36 heavy (non-hydrogen) atoms. The second kappa shape index (κ2) is 9.56. The molecule has 0 saturated heterocycles. The third kappa shape index (κ3) is 4.60. The fraction of sp³-hybridized carbons (Fsp3) is 0.296. The van der Waals surface area contributed by atoms with E-state index in [2.05, 4.69) is 22.7 Å². The summed E-state index contributed by atoms with van der Waals surface area (Å²) in [4.78, 5) is 13.2. The molecule has 1 unspecified atom stereocenters. The Morgan fingerprint density at radius 3 is 2.56 bits per heavy atom. The van der Waals surface area contributed by atoms with Gasteiger partial charge in [0.25, 0.3) is 0 Å². The molecule has 2 N–H and O–H groups in total. The van der Waals surface area contributed by atoms with Gasteiger partial charge in [-0.15, -0.1) is 0 Å². The Morgan fingerprint density at radius 1 is 1.08 bits per heavy atom. The van der Waals surface area contributed by atoms with Gasteiger partial charge in [-0.1, -0.05) is 31.2 Å². The smallest absolute Gasteiger partial charge is 0.320 e. The van der Waals surface area contributed by atoms with Gasteiger partial charge in [-0.25, -0.2) is 18.3 Å². The first-order valence-electron chi connectivity index (χ1n) is 12.0. The normalized spacial score (nSPS) is 19.4. The van der Waals surface area contributed by atoms with Crippen LogP contribution in [0.2, 0.25) is 0 Å². The summed E-state index contributed by atoms with van der Waals surface area (Å²) in [6.07, 6.45) is 5.14. The van der Waals surface area contributed by atoms with Crippen LogP contribution in [0.25, 0.3) is 16.9 Å². The molecule has 3 atom stereocenters. The molecular formula is C27H28F2N6O. The zero-order chi connectivity index (χ0) is 25.4. The summed E-state index contributed by atoms with van der Waals surface area (Å²) in [6, 6.07) is 13.0. The van der Waals surface area contributed by atoms with Gasteiger partial charge in [-0.3, -0.25) is 10.00 Å². The largest absolute Gasteiger partial charge is 0.334 e. The average Bonchev–Trinajstić information content (AvgIpc) is 3.54. The lowest BCUT2D eigenvalue weighted by Crippen LogP contribution is -2.40. The number of urea groups is 1. The van der Waals surface area contributed by atoms with Crippen LogP contribution in [0.1, 0.15) is 36.8 Å². The molecule has 9 heteroatoms. The van der Waals surface area contributed by atoms with E-state index in [1.807, 2.05) is 50.5 Å². The van der Waals surface area contributed by atoms with Crippen LogP contribution in [0.4, 0.5) is 19.4 Å². The van der Waals surface area contributed by atoms with Gasteiger partial charge in [-0.05, 0) is 55.5 Å². The lowest BCUT2D eigenvalue weighted by Gasteiger charge is -2.22. The van der Waals surface area contributed by atoms with Crippen molar-refractivity contribution in [1.82, 2.24) is 24.9 Å². The number of hydrogen-bond acceptors (Lipinski definition) is 3. The van der Waals surface area contributed by atoms with Crippen molar-refractivity contribution in [3.63, 3.8) is 0 Å². The Balaban J connectivity index is 1.42. The first-order chi connectivity index (χ1) is 17.3. The zero-order valence-corrected chi connectivity index (χ0v) is 20.4. The van der Waals surface area contributed by atoms with Crippen LogP contribution >= 0.6 is 0 Å². The lowest BCUT2D eigenvalue weighted by atomic mass is 9.93. The van der Waals surface area contributed by atoms with E-state index in [1.165, 1.54) is 6.07 Å². The van der Waals surface area contributed by atoms with E-state index in [-0.39, 0.29) is 18.0 Å². The maximum atomic E-state index is 13.9. The maximum Gasteiger partial charge on any atom is 0.320 e. The maximum absolute atomic E-state index is 13.9. The Morgan fingerprint density at radius 2 is 1.86 bits per heavy atom. The SMILES string of the molecule is Cc1c(-c2cnn(C)c2)nn(-c2ccccc2)c1NC(=O)N[C@@H]1CC(C)C[C@H]1c1ccc(F)c(F)c1. The molecule has 0 aliphatic heterocycles. The number of carbonyl (C=O) groups is 1. The predicted octanol–water partition coefficient (Wildman–Crippen LogP) is 5.56. The average molecular weight is 491 g/mol. The van der Waals surface area contributed by atoms with Gasteiger partial charge in [0.15, 0.2) is 11.6 Å². The number of anilines is 1. The number of aromatic nitrogens is 4. The molecule has 7 nitrogen and oxygen atoms in total. The van der Waals surface area contributed by atoms with Crippen LogP contribution in [0.5, 0.6) is 0 Å². The number of halogens is 2. The molecule has 2 aromatic carbocycles. The number of nitrogens with zero attached hydrogens (tertiary/aromatic N) is 4. The highest BCUT2D eigenvalue weighted by Gasteiger charge is 2.35. The first kappa shape index (κ1) is 23.7. The second-order valence-corrected chi connectivity index (χ2v) is 9.53. The highest BCUT2D eigenvalue weighted by molar-refractivity contribution is 5.91. The van der Waals surface area contributed by atoms with Gasteiger partial charge in [0, 0.05) is 36.3 Å². The molecule has 2 amide bonds. The molecule has 1 fully saturated rings. The highest BCUT2D eigenvalue weighted by Crippen LogP contribution is 2.39. The quantitative estimate of drug-likeness (QED) is 0.384. The van der Waals surface area contributed by atoms with E-state index in [0.29, 0.717) is 17.3 Å². The number of aryl methyl sites for hydroxylation is 1. The van der Waals surface area contributed by atoms with E-state index in [0.717, 1.165) is 41.4 Å². The van der Waals surface area contributed by atoms with Crippen LogP contribution in [-0.4, -0.2) is 31.6 Å². The summed E-state index contributed by atoms with van der Waals surface area (Å²) < 4.78 is 30.8. The number of rotatable bonds is 5. The fourth-order valence-electron chi connectivity index (χ4n) is 5.09. The van der Waals surface area contributed by atoms with Gasteiger partial charge >= 0.3 is 6.03 Å². The van der Waals surface area contributed by atoms with Gasteiger partial charge in [0.05, 0.1) is 11.9 Å². The van der Waals surface area contributed by atoms with Crippen molar-refractivity contribution in [1.29, 1.82) is 0 Å². The molecule has 4 aromatic rings. The molecule has 0 radical (unpaired) electrons. The Labute approximate surface area is 208 Å². The molecule has 186 valence electrons. The molecule has 2 aromatic heterocycles. The summed E-state index contributed by atoms with van der Waals surface area (Å²) in [5, 5.41) is 15.1. The van der Waals surface area contributed by atoms with Crippen LogP contribution in [-0.2, 0) is 7.05 Å². The lowest BCUT2D eigenvalue weighted by molar-refractivity contribution is 0.247. The van der Waals surface area contributed by atoms with Crippen LogP contribution < -0.4 is 10.6 Å². The topological polar surface area (TPSA) is 76.8 Å². The van der Waals surface area contributed by atoms with Crippen molar-refractivity contribution in [2.24, 2.45) is 13.0 Å². The molecular weight excluding hydrogens is 462 g/mol. The minimum Gasteiger partial charge on any atom is -0.334 e. The monoisotopic (exact) mass is 490 g/mol. The minimum absolute atomic E-state index is 0.105. The minimum atomic E-state index is -0.874. The summed E-state index contributed by atoms with van der Waals surface area (Å²) >= 11 is 0. The van der Waals surface area contributed by atoms with Crippen LogP contribution in [0, 0.1) is 24.5 Å². The number of nitrogens with one attached hydrogen (secondary N) is 2. The van der Waals surface area contributed by atoms with Gasteiger partial charge in [-0.2, -0.15) is 10.2 Å². The van der Waals surface area contributed by atoms with Crippen LogP contribution in [0.15, 0.2) is 60.9 Å². The third-order valence-electron chi connectivity index (χ3n) is 6.82. The molecule has 0 bridgehead atoms. The molecule has 1 aliphatic carbocycles. The van der Waals surface area contributed by atoms with Crippen molar-refractivity contribution < 1.29 is 13.6 Å². The summed E-state index contributed by atoms with van der Waals surface area (Å²) in [5.74, 6) is -0.969. The molecule has 1 saturated carbocycles. The van der Waals surface area contributed by atoms with E-state index in [1.54, 1.807) is 21.6 Å². The van der Waals surface area contributed by atoms with E-state index in [9.17, 15) is 13.6 Å². The number of amides is 2. The molecule has 0 spiro atoms. The highest BCUT2D eigenvalue weighted by atomic mass is 19.2. The molecule has 2 heterocycles. The third-order valence-corrected chi connectivity index (χ3v) is 6.82.